The number of carbonyl (C=O) groups excluding carboxylic acids is 1. The van der Waals surface area contributed by atoms with Gasteiger partial charge in [-0.1, -0.05) is 20.8 Å². The van der Waals surface area contributed by atoms with Crippen LogP contribution in [0.25, 0.3) is 0 Å². The molecule has 1 aliphatic heterocycles. The third-order valence-electron chi connectivity index (χ3n) is 5.94. The molecule has 0 unspecified atom stereocenters. The summed E-state index contributed by atoms with van der Waals surface area (Å²) in [6, 6.07) is 0. The van der Waals surface area contributed by atoms with Crippen molar-refractivity contribution in [2.75, 3.05) is 6.61 Å². The molecule has 112 valence electrons. The van der Waals surface area contributed by atoms with Crippen molar-refractivity contribution in [1.29, 1.82) is 0 Å². The summed E-state index contributed by atoms with van der Waals surface area (Å²) in [7, 11) is 0. The maximum absolute atomic E-state index is 12.1. The van der Waals surface area contributed by atoms with E-state index in [1.54, 1.807) is 0 Å². The van der Waals surface area contributed by atoms with Crippen LogP contribution in [0.1, 0.15) is 33.6 Å². The molecule has 2 fully saturated rings. The molecule has 0 amide bonds. The summed E-state index contributed by atoms with van der Waals surface area (Å²) < 4.78 is 5.03. The first-order valence-corrected chi connectivity index (χ1v) is 7.12. The van der Waals surface area contributed by atoms with Crippen LogP contribution in [0.2, 0.25) is 0 Å². The fourth-order valence-corrected chi connectivity index (χ4v) is 4.77. The lowest BCUT2D eigenvalue weighted by Crippen LogP contribution is -2.66. The van der Waals surface area contributed by atoms with Crippen molar-refractivity contribution in [3.63, 3.8) is 0 Å². The molecule has 0 radical (unpaired) electrons. The fraction of sp³-hybridized carbons (Fsp3) is 0.800. The number of esters is 1. The van der Waals surface area contributed by atoms with Crippen LogP contribution in [0, 0.1) is 16.7 Å². The molecule has 5 heteroatoms. The molecule has 1 saturated heterocycles. The van der Waals surface area contributed by atoms with Gasteiger partial charge in [0.1, 0.15) is 6.61 Å². The summed E-state index contributed by atoms with van der Waals surface area (Å²) in [6.45, 7) is 5.63. The predicted molar refractivity (Wildman–Crippen MR) is 70.6 cm³/mol. The van der Waals surface area contributed by atoms with Crippen molar-refractivity contribution < 1.29 is 24.9 Å². The van der Waals surface area contributed by atoms with E-state index in [2.05, 4.69) is 0 Å². The number of cyclic esters (lactones) is 1. The largest absolute Gasteiger partial charge is 0.459 e. The number of carbonyl (C=O) groups is 1. The second-order valence-corrected chi connectivity index (χ2v) is 7.24. The molecule has 3 rings (SSSR count). The first-order chi connectivity index (χ1) is 9.15. The van der Waals surface area contributed by atoms with E-state index in [1.165, 1.54) is 6.08 Å². The van der Waals surface area contributed by atoms with E-state index in [9.17, 15) is 20.1 Å². The molecular formula is C15H22O5. The first kappa shape index (κ1) is 14.0. The molecule has 5 atom stereocenters. The Bertz CT molecular complexity index is 496. The summed E-state index contributed by atoms with van der Waals surface area (Å²) in [6.07, 6.45) is 1.15. The Labute approximate surface area is 118 Å². The van der Waals surface area contributed by atoms with Gasteiger partial charge in [0.25, 0.3) is 0 Å². The van der Waals surface area contributed by atoms with Crippen molar-refractivity contribution in [3.8, 4) is 0 Å². The third-order valence-corrected chi connectivity index (χ3v) is 5.94. The van der Waals surface area contributed by atoms with Crippen molar-refractivity contribution in [2.45, 2.75) is 51.4 Å². The molecular weight excluding hydrogens is 260 g/mol. The first-order valence-electron chi connectivity index (χ1n) is 7.12. The van der Waals surface area contributed by atoms with Gasteiger partial charge in [-0.05, 0) is 24.3 Å². The van der Waals surface area contributed by atoms with Gasteiger partial charge in [-0.2, -0.15) is 0 Å². The molecule has 3 N–H and O–H groups in total. The lowest BCUT2D eigenvalue weighted by molar-refractivity contribution is -0.206. The Morgan fingerprint density at radius 1 is 1.30 bits per heavy atom. The van der Waals surface area contributed by atoms with Gasteiger partial charge in [0.15, 0.2) is 5.60 Å². The fourth-order valence-electron chi connectivity index (χ4n) is 4.77. The Balaban J connectivity index is 2.20. The van der Waals surface area contributed by atoms with Crippen LogP contribution in [0.15, 0.2) is 11.6 Å². The van der Waals surface area contributed by atoms with E-state index in [0.717, 1.165) is 0 Å². The summed E-state index contributed by atoms with van der Waals surface area (Å²) >= 11 is 0. The number of aliphatic hydroxyl groups is 3. The second kappa shape index (κ2) is 3.84. The summed E-state index contributed by atoms with van der Waals surface area (Å²) in [5, 5.41) is 31.8. The Hall–Kier alpha value is -0.910. The average Bonchev–Trinajstić information content (AvgIpc) is 2.64. The standard InChI is InChI=1S/C15H22O5/c1-13(2)10(17)4-5-14(3)11(13)9(16)6-8-7-20-12(18)15(8,14)19/h6,9-11,16-17,19H,4-5,7H2,1-3H3/t9-,10-,11-,14-,15-/m1/s1. The molecule has 1 heterocycles. The van der Waals surface area contributed by atoms with E-state index >= 15 is 0 Å². The molecule has 1 saturated carbocycles. The summed E-state index contributed by atoms with van der Waals surface area (Å²) in [5.74, 6) is -1.03. The van der Waals surface area contributed by atoms with Gasteiger partial charge in [0, 0.05) is 16.9 Å². The van der Waals surface area contributed by atoms with E-state index in [-0.39, 0.29) is 6.61 Å². The Kier molecular flexibility index (Phi) is 2.70. The van der Waals surface area contributed by atoms with Gasteiger partial charge < -0.3 is 20.1 Å². The van der Waals surface area contributed by atoms with E-state index in [1.807, 2.05) is 20.8 Å². The highest BCUT2D eigenvalue weighted by atomic mass is 16.6. The maximum Gasteiger partial charge on any atom is 0.343 e. The van der Waals surface area contributed by atoms with Crippen LogP contribution in [0.5, 0.6) is 0 Å². The van der Waals surface area contributed by atoms with Gasteiger partial charge >= 0.3 is 5.97 Å². The monoisotopic (exact) mass is 282 g/mol. The smallest absolute Gasteiger partial charge is 0.343 e. The zero-order valence-corrected chi connectivity index (χ0v) is 12.1. The lowest BCUT2D eigenvalue weighted by atomic mass is 9.46. The second-order valence-electron chi connectivity index (χ2n) is 7.24. The lowest BCUT2D eigenvalue weighted by Gasteiger charge is -2.60. The predicted octanol–water partition coefficient (Wildman–Crippen LogP) is 0.379. The van der Waals surface area contributed by atoms with Crippen molar-refractivity contribution in [3.05, 3.63) is 11.6 Å². The van der Waals surface area contributed by atoms with Gasteiger partial charge in [-0.3, -0.25) is 0 Å². The van der Waals surface area contributed by atoms with E-state index in [4.69, 9.17) is 4.74 Å². The minimum atomic E-state index is -1.67. The molecule has 2 aliphatic carbocycles. The van der Waals surface area contributed by atoms with Gasteiger partial charge in [0.05, 0.1) is 12.2 Å². The van der Waals surface area contributed by atoms with Crippen molar-refractivity contribution in [2.24, 2.45) is 16.7 Å². The minimum absolute atomic E-state index is 0.0394. The van der Waals surface area contributed by atoms with E-state index in [0.29, 0.717) is 18.4 Å². The molecule has 0 aromatic heterocycles. The average molecular weight is 282 g/mol. The van der Waals surface area contributed by atoms with Crippen LogP contribution in [-0.2, 0) is 9.53 Å². The molecule has 0 bridgehead atoms. The molecule has 5 nitrogen and oxygen atoms in total. The normalized spacial score (nSPS) is 50.0. The molecule has 0 aromatic carbocycles. The highest BCUT2D eigenvalue weighted by molar-refractivity contribution is 5.88. The quantitative estimate of drug-likeness (QED) is 0.441. The zero-order valence-electron chi connectivity index (χ0n) is 12.1. The van der Waals surface area contributed by atoms with E-state index < -0.39 is 40.5 Å². The van der Waals surface area contributed by atoms with Crippen LogP contribution in [0.4, 0.5) is 0 Å². The van der Waals surface area contributed by atoms with Gasteiger partial charge in [-0.25, -0.2) is 4.79 Å². The number of aliphatic hydroxyl groups excluding tert-OH is 2. The van der Waals surface area contributed by atoms with Gasteiger partial charge in [-0.15, -0.1) is 0 Å². The molecule has 0 aromatic rings. The highest BCUT2D eigenvalue weighted by Crippen LogP contribution is 2.62. The third kappa shape index (κ3) is 1.36. The molecule has 0 spiro atoms. The number of rotatable bonds is 0. The SMILES string of the molecule is CC1(C)[C@H](O)CC[C@]2(C)[C@@H]1[C@H](O)C=C1COC(=O)[C@]12O. The van der Waals surface area contributed by atoms with Crippen LogP contribution in [-0.4, -0.2) is 45.7 Å². The van der Waals surface area contributed by atoms with Crippen LogP contribution < -0.4 is 0 Å². The summed E-state index contributed by atoms with van der Waals surface area (Å²) in [5.41, 5.74) is -2.63. The Morgan fingerprint density at radius 3 is 2.60 bits per heavy atom. The van der Waals surface area contributed by atoms with Gasteiger partial charge in [0.2, 0.25) is 0 Å². The number of ether oxygens (including phenoxy) is 1. The maximum atomic E-state index is 12.1. The molecule has 20 heavy (non-hydrogen) atoms. The summed E-state index contributed by atoms with van der Waals surface area (Å²) in [4.78, 5) is 12.1. The van der Waals surface area contributed by atoms with Crippen molar-refractivity contribution in [1.82, 2.24) is 0 Å². The molecule has 3 aliphatic rings. The van der Waals surface area contributed by atoms with Crippen LogP contribution >= 0.6 is 0 Å². The zero-order chi connectivity index (χ0) is 14.9. The van der Waals surface area contributed by atoms with Crippen molar-refractivity contribution >= 4 is 5.97 Å². The topological polar surface area (TPSA) is 87.0 Å². The number of hydrogen-bond acceptors (Lipinski definition) is 5. The number of hydrogen-bond donors (Lipinski definition) is 3. The Morgan fingerprint density at radius 2 is 1.95 bits per heavy atom. The number of fused-ring (bicyclic) bond motifs is 3. The minimum Gasteiger partial charge on any atom is -0.459 e. The van der Waals surface area contributed by atoms with Crippen LogP contribution in [0.3, 0.4) is 0 Å². The highest BCUT2D eigenvalue weighted by Gasteiger charge is 2.69.